The summed E-state index contributed by atoms with van der Waals surface area (Å²) in [5, 5.41) is 9.76. The predicted molar refractivity (Wildman–Crippen MR) is 102 cm³/mol. The Hall–Kier alpha value is -1.86. The van der Waals surface area contributed by atoms with E-state index >= 15 is 0 Å². The van der Waals surface area contributed by atoms with Crippen molar-refractivity contribution in [3.63, 3.8) is 0 Å². The molecule has 1 aromatic rings. The molecule has 0 fully saturated rings. The van der Waals surface area contributed by atoms with Gasteiger partial charge in [0.05, 0.1) is 12.7 Å². The molecule has 0 aliphatic rings. The molecule has 1 atom stereocenters. The number of aliphatic hydroxyl groups is 1. The minimum Gasteiger partial charge on any atom is -0.466 e. The molecule has 0 amide bonds. The lowest BCUT2D eigenvalue weighted by Gasteiger charge is -2.07. The number of carbonyl (C=O) groups is 1. The molecule has 1 unspecified atom stereocenters. The summed E-state index contributed by atoms with van der Waals surface area (Å²) < 4.78 is 17.5. The van der Waals surface area contributed by atoms with Gasteiger partial charge in [0.2, 0.25) is 0 Å². The van der Waals surface area contributed by atoms with Gasteiger partial charge in [-0.2, -0.15) is 0 Å². The van der Waals surface area contributed by atoms with Gasteiger partial charge in [0.25, 0.3) is 0 Å². The van der Waals surface area contributed by atoms with Crippen molar-refractivity contribution in [1.82, 2.24) is 0 Å². The highest BCUT2D eigenvalue weighted by molar-refractivity contribution is 5.69. The highest BCUT2D eigenvalue weighted by Crippen LogP contribution is 2.07. The van der Waals surface area contributed by atoms with Crippen LogP contribution in [0.3, 0.4) is 0 Å². The minimum absolute atomic E-state index is 0.221. The van der Waals surface area contributed by atoms with Crippen molar-refractivity contribution in [3.8, 4) is 11.8 Å². The van der Waals surface area contributed by atoms with Gasteiger partial charge in [0.15, 0.2) is 0 Å². The summed E-state index contributed by atoms with van der Waals surface area (Å²) >= 11 is 0. The van der Waals surface area contributed by atoms with E-state index in [1.54, 1.807) is 19.1 Å². The number of carbonyl (C=O) groups excluding carboxylic acids is 1. The Bertz CT molecular complexity index is 486. The number of hydrogen-bond donors (Lipinski definition) is 1. The molecule has 0 radical (unpaired) electrons. The Labute approximate surface area is 152 Å². The fraction of sp³-hybridized carbons (Fsp3) is 0.571. The molecule has 1 N–H and O–H groups in total. The first-order chi connectivity index (χ1) is 12.1. The molecular weight excluding hydrogens is 319 g/mol. The summed E-state index contributed by atoms with van der Waals surface area (Å²) in [6.07, 6.45) is 2.20. The van der Waals surface area contributed by atoms with Crippen molar-refractivity contribution in [2.75, 3.05) is 6.61 Å². The highest BCUT2D eigenvalue weighted by atomic mass is 19.1. The van der Waals surface area contributed by atoms with Crippen molar-refractivity contribution in [2.45, 2.75) is 72.8 Å². The Morgan fingerprint density at radius 1 is 1.16 bits per heavy atom. The molecule has 0 aromatic heterocycles. The maximum Gasteiger partial charge on any atom is 0.305 e. The number of halogens is 1. The first kappa shape index (κ1) is 25.4. The fourth-order valence-corrected chi connectivity index (χ4v) is 1.80. The van der Waals surface area contributed by atoms with Crippen LogP contribution in [0.25, 0.3) is 0 Å². The van der Waals surface area contributed by atoms with Gasteiger partial charge in [-0.3, -0.25) is 4.79 Å². The molecule has 25 heavy (non-hydrogen) atoms. The van der Waals surface area contributed by atoms with Crippen molar-refractivity contribution in [3.05, 3.63) is 35.6 Å². The average molecular weight is 352 g/mol. The molecule has 4 heteroatoms. The number of esters is 1. The number of benzene rings is 1. The summed E-state index contributed by atoms with van der Waals surface area (Å²) in [6, 6.07) is 5.98. The third kappa shape index (κ3) is 15.4. The SMILES string of the molecule is CC.CC.CCOC(=O)CCCC(O)CCC#Cc1ccc(F)cc1. The van der Waals surface area contributed by atoms with E-state index in [0.29, 0.717) is 38.7 Å². The maximum atomic E-state index is 12.7. The van der Waals surface area contributed by atoms with E-state index in [-0.39, 0.29) is 11.8 Å². The van der Waals surface area contributed by atoms with E-state index in [1.165, 1.54) is 12.1 Å². The van der Waals surface area contributed by atoms with Crippen molar-refractivity contribution >= 4 is 5.97 Å². The van der Waals surface area contributed by atoms with Crippen LogP contribution >= 0.6 is 0 Å². The first-order valence-electron chi connectivity index (χ1n) is 9.20. The summed E-state index contributed by atoms with van der Waals surface area (Å²) in [5.74, 6) is 5.36. The van der Waals surface area contributed by atoms with Gasteiger partial charge >= 0.3 is 5.97 Å². The average Bonchev–Trinajstić information content (AvgIpc) is 2.64. The van der Waals surface area contributed by atoms with Gasteiger partial charge in [-0.25, -0.2) is 4.39 Å². The quantitative estimate of drug-likeness (QED) is 0.548. The third-order valence-corrected chi connectivity index (χ3v) is 2.90. The Morgan fingerprint density at radius 3 is 2.32 bits per heavy atom. The summed E-state index contributed by atoms with van der Waals surface area (Å²) in [7, 11) is 0. The number of ether oxygens (including phenoxy) is 1. The van der Waals surface area contributed by atoms with Crippen LogP contribution in [0.15, 0.2) is 24.3 Å². The second-order valence-corrected chi connectivity index (χ2v) is 4.70. The molecule has 1 rings (SSSR count). The van der Waals surface area contributed by atoms with Gasteiger partial charge in [0.1, 0.15) is 5.82 Å². The topological polar surface area (TPSA) is 46.5 Å². The first-order valence-corrected chi connectivity index (χ1v) is 9.20. The van der Waals surface area contributed by atoms with E-state index in [9.17, 15) is 14.3 Å². The molecule has 0 saturated carbocycles. The Morgan fingerprint density at radius 2 is 1.76 bits per heavy atom. The lowest BCUT2D eigenvalue weighted by Crippen LogP contribution is -2.09. The monoisotopic (exact) mass is 352 g/mol. The van der Waals surface area contributed by atoms with Crippen LogP contribution in [-0.2, 0) is 9.53 Å². The Kier molecular flexibility index (Phi) is 18.8. The zero-order valence-electron chi connectivity index (χ0n) is 16.3. The number of aliphatic hydroxyl groups excluding tert-OH is 1. The lowest BCUT2D eigenvalue weighted by molar-refractivity contribution is -0.143. The van der Waals surface area contributed by atoms with Gasteiger partial charge < -0.3 is 9.84 Å². The Balaban J connectivity index is 0. The molecule has 142 valence electrons. The van der Waals surface area contributed by atoms with Crippen LogP contribution < -0.4 is 0 Å². The molecule has 0 aliphatic heterocycles. The molecule has 0 heterocycles. The zero-order valence-corrected chi connectivity index (χ0v) is 16.3. The van der Waals surface area contributed by atoms with Gasteiger partial charge in [0, 0.05) is 18.4 Å². The highest BCUT2D eigenvalue weighted by Gasteiger charge is 2.06. The smallest absolute Gasteiger partial charge is 0.305 e. The van der Waals surface area contributed by atoms with Crippen molar-refractivity contribution in [1.29, 1.82) is 0 Å². The summed E-state index contributed by atoms with van der Waals surface area (Å²) in [6.45, 7) is 10.2. The molecule has 0 bridgehead atoms. The van der Waals surface area contributed by atoms with E-state index < -0.39 is 6.10 Å². The van der Waals surface area contributed by atoms with Crippen molar-refractivity contribution < 1.29 is 19.0 Å². The largest absolute Gasteiger partial charge is 0.466 e. The van der Waals surface area contributed by atoms with Crippen LogP contribution in [0.4, 0.5) is 4.39 Å². The van der Waals surface area contributed by atoms with Crippen molar-refractivity contribution in [2.24, 2.45) is 0 Å². The second-order valence-electron chi connectivity index (χ2n) is 4.70. The molecule has 1 aromatic carbocycles. The van der Waals surface area contributed by atoms with Crippen LogP contribution in [0.1, 0.15) is 72.3 Å². The van der Waals surface area contributed by atoms with Crippen LogP contribution in [0.5, 0.6) is 0 Å². The lowest BCUT2D eigenvalue weighted by atomic mass is 10.1. The van der Waals surface area contributed by atoms with Gasteiger partial charge in [-0.1, -0.05) is 39.5 Å². The molecule has 0 saturated heterocycles. The van der Waals surface area contributed by atoms with E-state index in [1.807, 2.05) is 27.7 Å². The molecular formula is C21H33FO3. The zero-order chi connectivity index (χ0) is 19.5. The van der Waals surface area contributed by atoms with Crippen LogP contribution in [0, 0.1) is 17.7 Å². The molecule has 3 nitrogen and oxygen atoms in total. The summed E-state index contributed by atoms with van der Waals surface area (Å²) in [4.78, 5) is 11.1. The minimum atomic E-state index is -0.457. The van der Waals surface area contributed by atoms with E-state index in [2.05, 4.69) is 11.8 Å². The molecule has 0 aliphatic carbocycles. The second kappa shape index (κ2) is 18.5. The van der Waals surface area contributed by atoms with Crippen LogP contribution in [0.2, 0.25) is 0 Å². The summed E-state index contributed by atoms with van der Waals surface area (Å²) in [5.41, 5.74) is 0.758. The maximum absolute atomic E-state index is 12.7. The van der Waals surface area contributed by atoms with E-state index in [0.717, 1.165) is 5.56 Å². The van der Waals surface area contributed by atoms with E-state index in [4.69, 9.17) is 4.74 Å². The normalized spacial score (nSPS) is 10.0. The number of rotatable bonds is 7. The number of hydrogen-bond acceptors (Lipinski definition) is 3. The predicted octanol–water partition coefficient (Wildman–Crippen LogP) is 5.10. The third-order valence-electron chi connectivity index (χ3n) is 2.90. The van der Waals surface area contributed by atoms with Gasteiger partial charge in [-0.05, 0) is 50.5 Å². The standard InChI is InChI=1S/C17H21FO3.2C2H6/c1-2-21-17(20)9-5-8-16(19)7-4-3-6-14-10-12-15(18)13-11-14;2*1-2/h10-13,16,19H,2,4-5,7-9H2,1H3;2*1-2H3. The molecule has 0 spiro atoms. The fourth-order valence-electron chi connectivity index (χ4n) is 1.80. The van der Waals surface area contributed by atoms with Crippen LogP contribution in [-0.4, -0.2) is 23.8 Å². The van der Waals surface area contributed by atoms with Gasteiger partial charge in [-0.15, -0.1) is 0 Å².